The van der Waals surface area contributed by atoms with E-state index in [0.717, 1.165) is 31.2 Å². The molecule has 0 amide bonds. The predicted octanol–water partition coefficient (Wildman–Crippen LogP) is 3.88. The molecule has 2 rings (SSSR count). The summed E-state index contributed by atoms with van der Waals surface area (Å²) in [7, 11) is 4.10. The molecule has 5 nitrogen and oxygen atoms in total. The SMILES string of the molecule is CCNC(=NCc1ccc(CC)s1)NCC(c1ccco1)N(C)C.I. The third kappa shape index (κ3) is 6.99. The molecule has 1 atom stereocenters. The van der Waals surface area contributed by atoms with Gasteiger partial charge >= 0.3 is 0 Å². The molecule has 0 saturated heterocycles. The van der Waals surface area contributed by atoms with Crippen LogP contribution in [0.4, 0.5) is 0 Å². The zero-order valence-corrected chi connectivity index (χ0v) is 18.6. The molecule has 140 valence electrons. The van der Waals surface area contributed by atoms with E-state index in [1.54, 1.807) is 6.26 Å². The number of halogens is 1. The lowest BCUT2D eigenvalue weighted by Gasteiger charge is -2.23. The molecule has 2 aromatic rings. The second-order valence-corrected chi connectivity index (χ2v) is 7.05. The molecule has 0 bridgehead atoms. The number of likely N-dealkylation sites (N-methyl/N-ethyl adjacent to an activating group) is 1. The lowest BCUT2D eigenvalue weighted by molar-refractivity contribution is 0.258. The number of aliphatic imine (C=N–C) groups is 1. The maximum Gasteiger partial charge on any atom is 0.191 e. The molecule has 0 aliphatic heterocycles. The molecule has 7 heteroatoms. The Balaban J connectivity index is 0.00000312. The lowest BCUT2D eigenvalue weighted by atomic mass is 10.2. The summed E-state index contributed by atoms with van der Waals surface area (Å²) in [5.74, 6) is 1.79. The van der Waals surface area contributed by atoms with Gasteiger partial charge in [0.15, 0.2) is 5.96 Å². The second kappa shape index (κ2) is 11.5. The largest absolute Gasteiger partial charge is 0.468 e. The van der Waals surface area contributed by atoms with Gasteiger partial charge in [-0.15, -0.1) is 35.3 Å². The summed E-state index contributed by atoms with van der Waals surface area (Å²) in [6, 6.07) is 8.45. The Kier molecular flexibility index (Phi) is 10.1. The molecule has 0 fully saturated rings. The van der Waals surface area contributed by atoms with Crippen molar-refractivity contribution in [3.63, 3.8) is 0 Å². The molecule has 0 radical (unpaired) electrons. The van der Waals surface area contributed by atoms with Crippen LogP contribution in [0.3, 0.4) is 0 Å². The van der Waals surface area contributed by atoms with Crippen molar-refractivity contribution in [3.05, 3.63) is 46.0 Å². The first-order valence-corrected chi connectivity index (χ1v) is 9.25. The summed E-state index contributed by atoms with van der Waals surface area (Å²) >= 11 is 1.83. The Labute approximate surface area is 171 Å². The molecule has 0 spiro atoms. The van der Waals surface area contributed by atoms with Gasteiger partial charge < -0.3 is 15.1 Å². The lowest BCUT2D eigenvalue weighted by Crippen LogP contribution is -2.41. The predicted molar refractivity (Wildman–Crippen MR) is 117 cm³/mol. The maximum atomic E-state index is 5.55. The Morgan fingerprint density at radius 2 is 1.96 bits per heavy atom. The van der Waals surface area contributed by atoms with E-state index < -0.39 is 0 Å². The molecule has 2 N–H and O–H groups in total. The molecule has 0 aliphatic rings. The fourth-order valence-corrected chi connectivity index (χ4v) is 3.29. The number of nitrogens with zero attached hydrogens (tertiary/aromatic N) is 2. The van der Waals surface area contributed by atoms with Gasteiger partial charge in [-0.05, 0) is 51.7 Å². The van der Waals surface area contributed by atoms with Crippen molar-refractivity contribution < 1.29 is 4.42 Å². The Hall–Kier alpha value is -1.06. The molecular formula is C18H29IN4OS. The smallest absolute Gasteiger partial charge is 0.191 e. The normalized spacial score (nSPS) is 12.8. The fraction of sp³-hybridized carbons (Fsp3) is 0.500. The Morgan fingerprint density at radius 1 is 1.20 bits per heavy atom. The molecule has 0 saturated carbocycles. The quantitative estimate of drug-likeness (QED) is 0.345. The maximum absolute atomic E-state index is 5.55. The van der Waals surface area contributed by atoms with Gasteiger partial charge in [-0.2, -0.15) is 0 Å². The number of thiophene rings is 1. The van der Waals surface area contributed by atoms with Crippen molar-refractivity contribution in [1.29, 1.82) is 0 Å². The number of hydrogen-bond donors (Lipinski definition) is 2. The fourth-order valence-electron chi connectivity index (χ4n) is 2.41. The van der Waals surface area contributed by atoms with Crippen LogP contribution in [0.25, 0.3) is 0 Å². The topological polar surface area (TPSA) is 52.8 Å². The van der Waals surface area contributed by atoms with Gasteiger partial charge in [0.1, 0.15) is 5.76 Å². The minimum absolute atomic E-state index is 0. The van der Waals surface area contributed by atoms with Gasteiger partial charge in [-0.1, -0.05) is 6.92 Å². The highest BCUT2D eigenvalue weighted by atomic mass is 127. The average Bonchev–Trinajstić information content (AvgIpc) is 3.24. The minimum Gasteiger partial charge on any atom is -0.468 e. The first kappa shape index (κ1) is 22.0. The summed E-state index contributed by atoms with van der Waals surface area (Å²) in [5.41, 5.74) is 0. The molecular weight excluding hydrogens is 447 g/mol. The highest BCUT2D eigenvalue weighted by Gasteiger charge is 2.17. The summed E-state index contributed by atoms with van der Waals surface area (Å²) in [6.45, 7) is 6.53. The van der Waals surface area contributed by atoms with Crippen molar-refractivity contribution in [3.8, 4) is 0 Å². The van der Waals surface area contributed by atoms with Gasteiger partial charge in [-0.25, -0.2) is 4.99 Å². The minimum atomic E-state index is 0. The molecule has 1 unspecified atom stereocenters. The first-order chi connectivity index (χ1) is 11.6. The summed E-state index contributed by atoms with van der Waals surface area (Å²) in [6.07, 6.45) is 2.80. The van der Waals surface area contributed by atoms with Crippen molar-refractivity contribution in [2.45, 2.75) is 32.9 Å². The van der Waals surface area contributed by atoms with E-state index in [1.807, 2.05) is 23.5 Å². The Morgan fingerprint density at radius 3 is 2.52 bits per heavy atom. The van der Waals surface area contributed by atoms with E-state index in [2.05, 4.69) is 55.6 Å². The standard InChI is InChI=1S/C18H28N4OS.HI/c1-5-14-9-10-15(24-14)12-20-18(19-6-2)21-13-16(22(3)4)17-8-7-11-23-17;/h7-11,16H,5-6,12-13H2,1-4H3,(H2,19,20,21);1H. The van der Waals surface area contributed by atoms with E-state index in [4.69, 9.17) is 9.41 Å². The van der Waals surface area contributed by atoms with Crippen LogP contribution in [0, 0.1) is 0 Å². The number of hydrogen-bond acceptors (Lipinski definition) is 4. The van der Waals surface area contributed by atoms with Gasteiger partial charge in [0.25, 0.3) is 0 Å². The zero-order valence-electron chi connectivity index (χ0n) is 15.4. The van der Waals surface area contributed by atoms with Crippen LogP contribution in [0.15, 0.2) is 39.9 Å². The van der Waals surface area contributed by atoms with Crippen LogP contribution < -0.4 is 10.6 Å². The Bertz CT molecular complexity index is 625. The molecule has 2 aromatic heterocycles. The highest BCUT2D eigenvalue weighted by Crippen LogP contribution is 2.18. The monoisotopic (exact) mass is 476 g/mol. The summed E-state index contributed by atoms with van der Waals surface area (Å²) < 4.78 is 5.55. The van der Waals surface area contributed by atoms with Crippen LogP contribution in [0.5, 0.6) is 0 Å². The number of aryl methyl sites for hydroxylation is 1. The number of nitrogens with one attached hydrogen (secondary N) is 2. The van der Waals surface area contributed by atoms with Crippen molar-refractivity contribution in [2.24, 2.45) is 4.99 Å². The number of rotatable bonds is 8. The molecule has 2 heterocycles. The second-order valence-electron chi connectivity index (χ2n) is 5.79. The highest BCUT2D eigenvalue weighted by molar-refractivity contribution is 14.0. The van der Waals surface area contributed by atoms with Crippen molar-refractivity contribution in [2.75, 3.05) is 27.2 Å². The van der Waals surface area contributed by atoms with E-state index in [-0.39, 0.29) is 30.0 Å². The van der Waals surface area contributed by atoms with E-state index in [0.29, 0.717) is 6.54 Å². The summed E-state index contributed by atoms with van der Waals surface area (Å²) in [5, 5.41) is 6.73. The number of furan rings is 1. The first-order valence-electron chi connectivity index (χ1n) is 8.43. The van der Waals surface area contributed by atoms with E-state index in [9.17, 15) is 0 Å². The van der Waals surface area contributed by atoms with Crippen LogP contribution in [0.2, 0.25) is 0 Å². The van der Waals surface area contributed by atoms with Gasteiger partial charge in [-0.3, -0.25) is 4.90 Å². The van der Waals surface area contributed by atoms with Crippen molar-refractivity contribution >= 4 is 41.3 Å². The molecule has 25 heavy (non-hydrogen) atoms. The van der Waals surface area contributed by atoms with Gasteiger partial charge in [0.2, 0.25) is 0 Å². The van der Waals surface area contributed by atoms with Crippen LogP contribution in [0.1, 0.15) is 35.4 Å². The summed E-state index contributed by atoms with van der Waals surface area (Å²) in [4.78, 5) is 9.54. The zero-order chi connectivity index (χ0) is 17.4. The van der Waals surface area contributed by atoms with Gasteiger partial charge in [0, 0.05) is 22.8 Å². The van der Waals surface area contributed by atoms with E-state index in [1.165, 1.54) is 9.75 Å². The van der Waals surface area contributed by atoms with Crippen LogP contribution >= 0.6 is 35.3 Å². The average molecular weight is 476 g/mol. The van der Waals surface area contributed by atoms with Crippen LogP contribution in [-0.4, -0.2) is 38.0 Å². The van der Waals surface area contributed by atoms with Gasteiger partial charge in [0.05, 0.1) is 18.8 Å². The van der Waals surface area contributed by atoms with E-state index >= 15 is 0 Å². The number of guanidine groups is 1. The van der Waals surface area contributed by atoms with Crippen LogP contribution in [-0.2, 0) is 13.0 Å². The molecule has 0 aromatic carbocycles. The molecule has 0 aliphatic carbocycles. The third-order valence-electron chi connectivity index (χ3n) is 3.76. The third-order valence-corrected chi connectivity index (χ3v) is 4.98. The van der Waals surface area contributed by atoms with Crippen molar-refractivity contribution in [1.82, 2.24) is 15.5 Å².